The third-order valence-electron chi connectivity index (χ3n) is 3.79. The summed E-state index contributed by atoms with van der Waals surface area (Å²) in [7, 11) is 0. The second-order valence-corrected chi connectivity index (χ2v) is 8.22. The standard InChI is InChI=1S/C16H18N2O4S2/c1-4-5-18-14(21)12-9-6-16(2,3)22-7-10(9)24-13(12)17-15(18)23-8-11(19)20/h4H,1,5-8H2,2-3H3,(H,19,20). The number of ether oxygens (including phenoxy) is 1. The number of aromatic nitrogens is 2. The molecule has 1 aliphatic heterocycles. The van der Waals surface area contributed by atoms with Gasteiger partial charge in [0.15, 0.2) is 5.16 Å². The first-order valence-corrected chi connectivity index (χ1v) is 9.27. The summed E-state index contributed by atoms with van der Waals surface area (Å²) >= 11 is 2.50. The molecule has 3 rings (SSSR count). The van der Waals surface area contributed by atoms with Crippen LogP contribution in [0, 0.1) is 0 Å². The van der Waals surface area contributed by atoms with Crippen LogP contribution in [0.2, 0.25) is 0 Å². The normalized spacial score (nSPS) is 16.1. The molecule has 24 heavy (non-hydrogen) atoms. The van der Waals surface area contributed by atoms with Crippen molar-refractivity contribution >= 4 is 39.3 Å². The molecule has 128 valence electrons. The van der Waals surface area contributed by atoms with Crippen LogP contribution in [0.5, 0.6) is 0 Å². The molecule has 0 radical (unpaired) electrons. The van der Waals surface area contributed by atoms with E-state index in [1.807, 2.05) is 13.8 Å². The summed E-state index contributed by atoms with van der Waals surface area (Å²) in [6.07, 6.45) is 2.28. The lowest BCUT2D eigenvalue weighted by molar-refractivity contribution is -0.133. The number of fused-ring (bicyclic) bond motifs is 3. The number of allylic oxidation sites excluding steroid dienone is 1. The second-order valence-electron chi connectivity index (χ2n) is 6.19. The van der Waals surface area contributed by atoms with Gasteiger partial charge in [0.25, 0.3) is 5.56 Å². The summed E-state index contributed by atoms with van der Waals surface area (Å²) in [6, 6.07) is 0. The molecule has 0 unspecified atom stereocenters. The Morgan fingerprint density at radius 2 is 2.33 bits per heavy atom. The summed E-state index contributed by atoms with van der Waals surface area (Å²) in [5.41, 5.74) is 0.562. The molecule has 8 heteroatoms. The van der Waals surface area contributed by atoms with Crippen LogP contribution in [0.15, 0.2) is 22.6 Å². The molecule has 0 aliphatic carbocycles. The second kappa shape index (κ2) is 6.34. The average molecular weight is 366 g/mol. The molecule has 3 heterocycles. The summed E-state index contributed by atoms with van der Waals surface area (Å²) in [6.45, 7) is 8.47. The van der Waals surface area contributed by atoms with Gasteiger partial charge in [0.2, 0.25) is 0 Å². The minimum absolute atomic E-state index is 0.136. The maximum absolute atomic E-state index is 13.0. The van der Waals surface area contributed by atoms with Crippen molar-refractivity contribution < 1.29 is 14.6 Å². The van der Waals surface area contributed by atoms with E-state index in [-0.39, 0.29) is 16.9 Å². The third-order valence-corrected chi connectivity index (χ3v) is 5.85. The number of rotatable bonds is 5. The monoisotopic (exact) mass is 366 g/mol. The number of hydrogen-bond donors (Lipinski definition) is 1. The number of nitrogens with zero attached hydrogens (tertiary/aromatic N) is 2. The maximum Gasteiger partial charge on any atom is 0.313 e. The molecule has 0 bridgehead atoms. The molecule has 2 aromatic heterocycles. The number of carbonyl (C=O) groups is 1. The molecule has 0 saturated carbocycles. The van der Waals surface area contributed by atoms with Crippen molar-refractivity contribution in [1.82, 2.24) is 9.55 Å². The van der Waals surface area contributed by atoms with Gasteiger partial charge in [0.1, 0.15) is 4.83 Å². The molecule has 0 fully saturated rings. The van der Waals surface area contributed by atoms with Crippen molar-refractivity contribution in [2.75, 3.05) is 5.75 Å². The van der Waals surface area contributed by atoms with Crippen molar-refractivity contribution in [1.29, 1.82) is 0 Å². The highest BCUT2D eigenvalue weighted by molar-refractivity contribution is 7.99. The van der Waals surface area contributed by atoms with Crippen LogP contribution in [0.25, 0.3) is 10.2 Å². The zero-order chi connectivity index (χ0) is 17.5. The van der Waals surface area contributed by atoms with Gasteiger partial charge in [0, 0.05) is 17.8 Å². The van der Waals surface area contributed by atoms with Gasteiger partial charge in [0.05, 0.1) is 23.3 Å². The van der Waals surface area contributed by atoms with Crippen LogP contribution in [-0.4, -0.2) is 32.0 Å². The fraction of sp³-hybridized carbons (Fsp3) is 0.438. The zero-order valence-electron chi connectivity index (χ0n) is 13.5. The summed E-state index contributed by atoms with van der Waals surface area (Å²) in [4.78, 5) is 30.1. The molecular formula is C16H18N2O4S2. The lowest BCUT2D eigenvalue weighted by Crippen LogP contribution is -2.32. The van der Waals surface area contributed by atoms with Gasteiger partial charge < -0.3 is 9.84 Å². The van der Waals surface area contributed by atoms with E-state index in [4.69, 9.17) is 9.84 Å². The van der Waals surface area contributed by atoms with Crippen molar-refractivity contribution in [3.8, 4) is 0 Å². The van der Waals surface area contributed by atoms with Crippen molar-refractivity contribution in [3.63, 3.8) is 0 Å². The quantitative estimate of drug-likeness (QED) is 0.498. The van der Waals surface area contributed by atoms with E-state index in [1.54, 1.807) is 6.08 Å². The van der Waals surface area contributed by atoms with Crippen molar-refractivity contribution in [2.24, 2.45) is 0 Å². The summed E-state index contributed by atoms with van der Waals surface area (Å²) in [5.74, 6) is -1.09. The van der Waals surface area contributed by atoms with E-state index in [0.29, 0.717) is 34.9 Å². The maximum atomic E-state index is 13.0. The Hall–Kier alpha value is -1.64. The summed E-state index contributed by atoms with van der Waals surface area (Å²) in [5, 5.41) is 9.94. The SMILES string of the molecule is C=CCn1c(SCC(=O)O)nc2sc3c(c2c1=O)CC(C)(C)OC3. The Balaban J connectivity index is 2.19. The first-order valence-electron chi connectivity index (χ1n) is 7.47. The molecule has 1 N–H and O–H groups in total. The number of hydrogen-bond acceptors (Lipinski definition) is 6. The Bertz CT molecular complexity index is 882. The van der Waals surface area contributed by atoms with Gasteiger partial charge >= 0.3 is 5.97 Å². The predicted octanol–water partition coefficient (Wildman–Crippen LogP) is 2.67. The van der Waals surface area contributed by atoms with Gasteiger partial charge in [-0.3, -0.25) is 14.2 Å². The Kier molecular flexibility index (Phi) is 4.54. The van der Waals surface area contributed by atoms with Gasteiger partial charge in [-0.05, 0) is 19.4 Å². The molecule has 0 saturated heterocycles. The van der Waals surface area contributed by atoms with Gasteiger partial charge in [-0.15, -0.1) is 17.9 Å². The Morgan fingerprint density at radius 3 is 3.00 bits per heavy atom. The highest BCUT2D eigenvalue weighted by Crippen LogP contribution is 2.37. The molecular weight excluding hydrogens is 348 g/mol. The third kappa shape index (κ3) is 3.13. The minimum Gasteiger partial charge on any atom is -0.481 e. The number of carboxylic acids is 1. The fourth-order valence-corrected chi connectivity index (χ4v) is 4.61. The van der Waals surface area contributed by atoms with Crippen LogP contribution in [0.3, 0.4) is 0 Å². The number of aliphatic carboxylic acids is 1. The van der Waals surface area contributed by atoms with Crippen LogP contribution in [0.4, 0.5) is 0 Å². The van der Waals surface area contributed by atoms with E-state index >= 15 is 0 Å². The van der Waals surface area contributed by atoms with Crippen molar-refractivity contribution in [3.05, 3.63) is 33.4 Å². The predicted molar refractivity (Wildman–Crippen MR) is 95.0 cm³/mol. The molecule has 6 nitrogen and oxygen atoms in total. The lowest BCUT2D eigenvalue weighted by atomic mass is 9.94. The number of thiophene rings is 1. The average Bonchev–Trinajstić information content (AvgIpc) is 2.84. The highest BCUT2D eigenvalue weighted by Gasteiger charge is 2.31. The largest absolute Gasteiger partial charge is 0.481 e. The van der Waals surface area contributed by atoms with Gasteiger partial charge in [-0.25, -0.2) is 4.98 Å². The Labute approximate surface area is 147 Å². The summed E-state index contributed by atoms with van der Waals surface area (Å²) < 4.78 is 7.32. The Morgan fingerprint density at radius 1 is 1.58 bits per heavy atom. The van der Waals surface area contributed by atoms with Crippen LogP contribution in [-0.2, 0) is 29.1 Å². The van der Waals surface area contributed by atoms with E-state index in [0.717, 1.165) is 22.2 Å². The van der Waals surface area contributed by atoms with Gasteiger partial charge in [-0.1, -0.05) is 17.8 Å². The number of carboxylic acid groups (broad SMARTS) is 1. The topological polar surface area (TPSA) is 81.4 Å². The first kappa shape index (κ1) is 17.2. The van der Waals surface area contributed by atoms with Gasteiger partial charge in [-0.2, -0.15) is 0 Å². The smallest absolute Gasteiger partial charge is 0.313 e. The number of thioether (sulfide) groups is 1. The molecule has 1 aliphatic rings. The van der Waals surface area contributed by atoms with Crippen LogP contribution < -0.4 is 5.56 Å². The minimum atomic E-state index is -0.944. The van der Waals surface area contributed by atoms with Crippen LogP contribution >= 0.6 is 23.1 Å². The van der Waals surface area contributed by atoms with E-state index < -0.39 is 5.97 Å². The lowest BCUT2D eigenvalue weighted by Gasteiger charge is -2.29. The highest BCUT2D eigenvalue weighted by atomic mass is 32.2. The van der Waals surface area contributed by atoms with Crippen molar-refractivity contribution in [2.45, 2.75) is 44.2 Å². The fourth-order valence-electron chi connectivity index (χ4n) is 2.73. The molecule has 0 aromatic carbocycles. The first-order chi connectivity index (χ1) is 11.3. The van der Waals surface area contributed by atoms with E-state index in [9.17, 15) is 9.59 Å². The van der Waals surface area contributed by atoms with E-state index in [1.165, 1.54) is 15.9 Å². The molecule has 0 spiro atoms. The molecule has 0 amide bonds. The zero-order valence-corrected chi connectivity index (χ0v) is 15.1. The molecule has 2 aromatic rings. The van der Waals surface area contributed by atoms with E-state index in [2.05, 4.69) is 11.6 Å². The van der Waals surface area contributed by atoms with Crippen LogP contribution in [0.1, 0.15) is 24.3 Å². The molecule has 0 atom stereocenters.